The van der Waals surface area contributed by atoms with Crippen LogP contribution < -0.4 is 0 Å². The van der Waals surface area contributed by atoms with Gasteiger partial charge in [-0.15, -0.1) is 0 Å². The molecule has 1 N–H and O–H groups in total. The molecule has 1 aromatic rings. The number of likely N-dealkylation sites (tertiary alicyclic amines) is 1. The highest BCUT2D eigenvalue weighted by atomic mass is 16.3. The molecule has 1 heterocycles. The van der Waals surface area contributed by atoms with E-state index in [0.29, 0.717) is 5.92 Å². The number of benzene rings is 1. The average Bonchev–Trinajstić information content (AvgIpc) is 2.60. The predicted octanol–water partition coefficient (Wildman–Crippen LogP) is 3.51. The van der Waals surface area contributed by atoms with Crippen molar-refractivity contribution in [3.63, 3.8) is 0 Å². The van der Waals surface area contributed by atoms with Crippen LogP contribution in [0, 0.1) is 17.3 Å². The van der Waals surface area contributed by atoms with Gasteiger partial charge in [-0.05, 0) is 42.6 Å². The van der Waals surface area contributed by atoms with Gasteiger partial charge in [0.1, 0.15) is 0 Å². The fourth-order valence-corrected chi connectivity index (χ4v) is 3.54. The van der Waals surface area contributed by atoms with E-state index < -0.39 is 0 Å². The van der Waals surface area contributed by atoms with Gasteiger partial charge in [0, 0.05) is 25.6 Å². The molecule has 1 fully saturated rings. The summed E-state index contributed by atoms with van der Waals surface area (Å²) in [6, 6.07) is 10.3. The van der Waals surface area contributed by atoms with Gasteiger partial charge in [0.25, 0.3) is 0 Å². The molecule has 1 aliphatic heterocycles. The van der Waals surface area contributed by atoms with E-state index in [0.717, 1.165) is 38.8 Å². The van der Waals surface area contributed by atoms with Crippen LogP contribution in [0.15, 0.2) is 30.3 Å². The largest absolute Gasteiger partial charge is 0.396 e. The molecule has 1 saturated heterocycles. The molecule has 1 atom stereocenters. The number of nitrogens with zero attached hydrogens (tertiary/aromatic N) is 1. The number of hydrogen-bond donors (Lipinski definition) is 1. The van der Waals surface area contributed by atoms with Gasteiger partial charge in [0.05, 0.1) is 0 Å². The highest BCUT2D eigenvalue weighted by Crippen LogP contribution is 2.35. The predicted molar refractivity (Wildman–Crippen MR) is 94.1 cm³/mol. The van der Waals surface area contributed by atoms with Crippen LogP contribution in [0.25, 0.3) is 0 Å². The summed E-state index contributed by atoms with van der Waals surface area (Å²) in [5.41, 5.74) is 1.26. The third kappa shape index (κ3) is 4.35. The number of aliphatic hydroxyl groups is 1. The van der Waals surface area contributed by atoms with Crippen LogP contribution in [-0.4, -0.2) is 35.6 Å². The Kier molecular flexibility index (Phi) is 6.23. The number of carbonyl (C=O) groups excluding carboxylic acids is 1. The van der Waals surface area contributed by atoms with Crippen molar-refractivity contribution in [3.05, 3.63) is 35.9 Å². The number of rotatable bonds is 6. The van der Waals surface area contributed by atoms with Crippen molar-refractivity contribution in [3.8, 4) is 0 Å². The molecule has 0 saturated carbocycles. The molecule has 0 spiro atoms. The van der Waals surface area contributed by atoms with Crippen molar-refractivity contribution in [2.75, 3.05) is 19.7 Å². The maximum atomic E-state index is 13.0. The Labute approximate surface area is 140 Å². The topological polar surface area (TPSA) is 40.5 Å². The number of hydrogen-bond acceptors (Lipinski definition) is 2. The van der Waals surface area contributed by atoms with Gasteiger partial charge in [-0.1, -0.05) is 51.1 Å². The molecule has 3 heteroatoms. The van der Waals surface area contributed by atoms with E-state index in [2.05, 4.69) is 32.9 Å². The SMILES string of the molecule is CCC1(CO)CCN(C(=O)C(Cc2ccccc2)C(C)C)CC1. The molecular weight excluding hydrogens is 286 g/mol. The normalized spacial score (nSPS) is 18.9. The van der Waals surface area contributed by atoms with Gasteiger partial charge in [0.15, 0.2) is 0 Å². The van der Waals surface area contributed by atoms with Crippen molar-refractivity contribution < 1.29 is 9.90 Å². The lowest BCUT2D eigenvalue weighted by molar-refractivity contribution is -0.140. The summed E-state index contributed by atoms with van der Waals surface area (Å²) in [4.78, 5) is 15.0. The maximum Gasteiger partial charge on any atom is 0.226 e. The summed E-state index contributed by atoms with van der Waals surface area (Å²) in [5, 5.41) is 9.66. The minimum absolute atomic E-state index is 0.0313. The summed E-state index contributed by atoms with van der Waals surface area (Å²) in [7, 11) is 0. The molecular formula is C20H31NO2. The van der Waals surface area contributed by atoms with E-state index in [1.54, 1.807) is 0 Å². The van der Waals surface area contributed by atoms with Gasteiger partial charge in [0.2, 0.25) is 5.91 Å². The van der Waals surface area contributed by atoms with E-state index in [1.807, 2.05) is 23.1 Å². The summed E-state index contributed by atoms with van der Waals surface area (Å²) in [5.74, 6) is 0.658. The number of carbonyl (C=O) groups is 1. The second kappa shape index (κ2) is 7.96. The van der Waals surface area contributed by atoms with Crippen LogP contribution in [0.1, 0.15) is 45.6 Å². The molecule has 0 aliphatic carbocycles. The van der Waals surface area contributed by atoms with E-state index in [-0.39, 0.29) is 23.8 Å². The third-order valence-electron chi connectivity index (χ3n) is 5.64. The number of piperidine rings is 1. The zero-order valence-corrected chi connectivity index (χ0v) is 14.8. The second-order valence-corrected chi connectivity index (χ2v) is 7.38. The number of amides is 1. The quantitative estimate of drug-likeness (QED) is 0.872. The van der Waals surface area contributed by atoms with Gasteiger partial charge < -0.3 is 10.0 Å². The van der Waals surface area contributed by atoms with Gasteiger partial charge in [-0.25, -0.2) is 0 Å². The standard InChI is InChI=1S/C20H31NO2/c1-4-20(15-22)10-12-21(13-11-20)19(23)18(16(2)3)14-17-8-6-5-7-9-17/h5-9,16,18,22H,4,10-15H2,1-3H3. The van der Waals surface area contributed by atoms with E-state index >= 15 is 0 Å². The Hall–Kier alpha value is -1.35. The van der Waals surface area contributed by atoms with Crippen LogP contribution in [0.3, 0.4) is 0 Å². The van der Waals surface area contributed by atoms with Crippen molar-refractivity contribution in [2.45, 2.75) is 46.5 Å². The monoisotopic (exact) mass is 317 g/mol. The first-order chi connectivity index (χ1) is 11.0. The highest BCUT2D eigenvalue weighted by molar-refractivity contribution is 5.79. The molecule has 23 heavy (non-hydrogen) atoms. The lowest BCUT2D eigenvalue weighted by Gasteiger charge is -2.41. The minimum Gasteiger partial charge on any atom is -0.396 e. The van der Waals surface area contributed by atoms with Crippen molar-refractivity contribution in [1.29, 1.82) is 0 Å². The highest BCUT2D eigenvalue weighted by Gasteiger charge is 2.36. The molecule has 1 unspecified atom stereocenters. The zero-order chi connectivity index (χ0) is 16.9. The van der Waals surface area contributed by atoms with Gasteiger partial charge in [-0.3, -0.25) is 4.79 Å². The second-order valence-electron chi connectivity index (χ2n) is 7.38. The van der Waals surface area contributed by atoms with Crippen molar-refractivity contribution >= 4 is 5.91 Å². The Balaban J connectivity index is 2.02. The number of aliphatic hydroxyl groups excluding tert-OH is 1. The van der Waals surface area contributed by atoms with Crippen molar-refractivity contribution in [1.82, 2.24) is 4.90 Å². The average molecular weight is 317 g/mol. The molecule has 0 bridgehead atoms. The molecule has 3 nitrogen and oxygen atoms in total. The molecule has 128 valence electrons. The Morgan fingerprint density at radius 2 is 1.83 bits per heavy atom. The first-order valence-electron chi connectivity index (χ1n) is 8.95. The molecule has 1 aromatic carbocycles. The molecule has 0 radical (unpaired) electrons. The molecule has 1 amide bonds. The first kappa shape index (κ1) is 18.0. The zero-order valence-electron chi connectivity index (χ0n) is 14.8. The smallest absolute Gasteiger partial charge is 0.226 e. The maximum absolute atomic E-state index is 13.0. The van der Waals surface area contributed by atoms with Crippen molar-refractivity contribution in [2.24, 2.45) is 17.3 Å². The summed E-state index contributed by atoms with van der Waals surface area (Å²) >= 11 is 0. The fourth-order valence-electron chi connectivity index (χ4n) is 3.54. The van der Waals surface area contributed by atoms with E-state index in [9.17, 15) is 9.90 Å². The van der Waals surface area contributed by atoms with Crippen LogP contribution in [0.2, 0.25) is 0 Å². The summed E-state index contributed by atoms with van der Waals surface area (Å²) in [6.45, 7) is 8.22. The van der Waals surface area contributed by atoms with Gasteiger partial charge in [-0.2, -0.15) is 0 Å². The van der Waals surface area contributed by atoms with Crippen LogP contribution >= 0.6 is 0 Å². The Bertz CT molecular complexity index is 484. The van der Waals surface area contributed by atoms with Crippen LogP contribution in [0.5, 0.6) is 0 Å². The minimum atomic E-state index is 0.0313. The fraction of sp³-hybridized carbons (Fsp3) is 0.650. The van der Waals surface area contributed by atoms with E-state index in [4.69, 9.17) is 0 Å². The van der Waals surface area contributed by atoms with Crippen LogP contribution in [0.4, 0.5) is 0 Å². The first-order valence-corrected chi connectivity index (χ1v) is 8.95. The Morgan fingerprint density at radius 3 is 2.30 bits per heavy atom. The lowest BCUT2D eigenvalue weighted by Crippen LogP contribution is -2.47. The molecule has 1 aliphatic rings. The van der Waals surface area contributed by atoms with Crippen LogP contribution in [-0.2, 0) is 11.2 Å². The molecule has 0 aromatic heterocycles. The van der Waals surface area contributed by atoms with Gasteiger partial charge >= 0.3 is 0 Å². The summed E-state index contributed by atoms with van der Waals surface area (Å²) in [6.07, 6.45) is 3.64. The summed E-state index contributed by atoms with van der Waals surface area (Å²) < 4.78 is 0. The Morgan fingerprint density at radius 1 is 1.22 bits per heavy atom. The van der Waals surface area contributed by atoms with E-state index in [1.165, 1.54) is 5.56 Å². The third-order valence-corrected chi connectivity index (χ3v) is 5.64. The molecule has 2 rings (SSSR count). The lowest BCUT2D eigenvalue weighted by atomic mass is 9.76.